The van der Waals surface area contributed by atoms with Crippen LogP contribution in [0.2, 0.25) is 0 Å². The van der Waals surface area contributed by atoms with Crippen LogP contribution in [0.5, 0.6) is 5.75 Å². The van der Waals surface area contributed by atoms with E-state index < -0.39 is 0 Å². The second-order valence-electron chi connectivity index (χ2n) is 6.73. The molecule has 1 unspecified atom stereocenters. The highest BCUT2D eigenvalue weighted by Crippen LogP contribution is 2.30. The van der Waals surface area contributed by atoms with Crippen LogP contribution in [0.15, 0.2) is 36.5 Å². The van der Waals surface area contributed by atoms with E-state index in [9.17, 15) is 5.11 Å². The van der Waals surface area contributed by atoms with Crippen LogP contribution in [0.4, 0.5) is 11.5 Å². The molecule has 4 N–H and O–H groups in total. The lowest BCUT2D eigenvalue weighted by atomic mass is 10.0. The van der Waals surface area contributed by atoms with E-state index in [0.717, 1.165) is 42.9 Å². The number of anilines is 2. The van der Waals surface area contributed by atoms with E-state index in [1.807, 2.05) is 29.2 Å². The third-order valence-electron chi connectivity index (χ3n) is 4.64. The number of rotatable bonds is 5. The molecule has 0 spiro atoms. The summed E-state index contributed by atoms with van der Waals surface area (Å²) in [5.41, 5.74) is 8.42. The lowest BCUT2D eigenvalue weighted by Crippen LogP contribution is -2.22. The number of benzene rings is 1. The standard InChI is InChI=1S/C19H22N4O2/c20-17-4-3-15(25-14-1-2-14)10-16(17)19(21)12-5-7-22-18(9-12)23-8-6-13(24)11-23/h3-5,7,9-10,13-14,21,24H,1-2,6,8,11,20H2. The first-order valence-electron chi connectivity index (χ1n) is 8.64. The first-order valence-corrected chi connectivity index (χ1v) is 8.64. The summed E-state index contributed by atoms with van der Waals surface area (Å²) in [6, 6.07) is 9.19. The van der Waals surface area contributed by atoms with E-state index >= 15 is 0 Å². The summed E-state index contributed by atoms with van der Waals surface area (Å²) in [4.78, 5) is 6.42. The molecule has 0 bridgehead atoms. The quantitative estimate of drug-likeness (QED) is 0.574. The summed E-state index contributed by atoms with van der Waals surface area (Å²) in [7, 11) is 0. The van der Waals surface area contributed by atoms with Crippen LogP contribution in [-0.4, -0.2) is 41.1 Å². The van der Waals surface area contributed by atoms with Gasteiger partial charge in [-0.2, -0.15) is 0 Å². The molecule has 6 heteroatoms. The zero-order chi connectivity index (χ0) is 17.4. The molecule has 2 aromatic rings. The van der Waals surface area contributed by atoms with Gasteiger partial charge in [-0.25, -0.2) is 4.98 Å². The van der Waals surface area contributed by atoms with E-state index in [4.69, 9.17) is 15.9 Å². The van der Waals surface area contributed by atoms with Crippen LogP contribution in [0.3, 0.4) is 0 Å². The van der Waals surface area contributed by atoms with Crippen molar-refractivity contribution in [3.8, 4) is 5.75 Å². The number of aliphatic hydroxyl groups is 1. The fourth-order valence-electron chi connectivity index (χ4n) is 3.06. The molecule has 1 aromatic heterocycles. The van der Waals surface area contributed by atoms with Gasteiger partial charge in [0.15, 0.2) is 0 Å². The maximum atomic E-state index is 9.72. The number of ether oxygens (including phenoxy) is 1. The number of nitrogens with one attached hydrogen (secondary N) is 1. The van der Waals surface area contributed by atoms with Crippen molar-refractivity contribution in [2.45, 2.75) is 31.5 Å². The van der Waals surface area contributed by atoms with Gasteiger partial charge in [-0.3, -0.25) is 5.41 Å². The molecule has 2 aliphatic rings. The summed E-state index contributed by atoms with van der Waals surface area (Å²) in [6.45, 7) is 1.36. The smallest absolute Gasteiger partial charge is 0.129 e. The first kappa shape index (κ1) is 15.9. The van der Waals surface area contributed by atoms with Crippen molar-refractivity contribution in [3.05, 3.63) is 47.7 Å². The second kappa shape index (κ2) is 6.37. The SMILES string of the molecule is N=C(c1ccnc(N2CCC(O)C2)c1)c1cc(OC2CC2)ccc1N. The molecule has 1 saturated carbocycles. The Bertz CT molecular complexity index is 804. The molecule has 1 atom stereocenters. The van der Waals surface area contributed by atoms with Crippen molar-refractivity contribution in [2.75, 3.05) is 23.7 Å². The number of pyridine rings is 1. The molecule has 1 saturated heterocycles. The number of aromatic nitrogens is 1. The number of nitrogens with two attached hydrogens (primary N) is 1. The minimum atomic E-state index is -0.309. The van der Waals surface area contributed by atoms with Gasteiger partial charge in [-0.15, -0.1) is 0 Å². The molecule has 1 aliphatic heterocycles. The lowest BCUT2D eigenvalue weighted by Gasteiger charge is -2.18. The van der Waals surface area contributed by atoms with E-state index in [-0.39, 0.29) is 6.10 Å². The van der Waals surface area contributed by atoms with Crippen molar-refractivity contribution >= 4 is 17.2 Å². The maximum Gasteiger partial charge on any atom is 0.129 e. The molecule has 2 heterocycles. The highest BCUT2D eigenvalue weighted by atomic mass is 16.5. The number of nitrogen functional groups attached to an aromatic ring is 1. The number of nitrogens with zero attached hydrogens (tertiary/aromatic N) is 2. The van der Waals surface area contributed by atoms with Gasteiger partial charge in [0.1, 0.15) is 11.6 Å². The number of hydrogen-bond acceptors (Lipinski definition) is 6. The summed E-state index contributed by atoms with van der Waals surface area (Å²) in [5, 5.41) is 18.3. The third-order valence-corrected chi connectivity index (χ3v) is 4.64. The van der Waals surface area contributed by atoms with Gasteiger partial charge in [0.05, 0.1) is 17.9 Å². The third kappa shape index (κ3) is 3.44. The van der Waals surface area contributed by atoms with Crippen molar-refractivity contribution in [1.82, 2.24) is 4.98 Å². The van der Waals surface area contributed by atoms with Crippen LogP contribution in [0, 0.1) is 5.41 Å². The Morgan fingerprint density at radius 1 is 1.24 bits per heavy atom. The molecule has 6 nitrogen and oxygen atoms in total. The Labute approximate surface area is 146 Å². The Balaban J connectivity index is 1.60. The van der Waals surface area contributed by atoms with Crippen LogP contribution >= 0.6 is 0 Å². The predicted molar refractivity (Wildman–Crippen MR) is 97.5 cm³/mol. The van der Waals surface area contributed by atoms with Crippen molar-refractivity contribution in [1.29, 1.82) is 5.41 Å². The van der Waals surface area contributed by atoms with Gasteiger partial charge in [0.2, 0.25) is 0 Å². The molecule has 1 aromatic carbocycles. The highest BCUT2D eigenvalue weighted by Gasteiger charge is 2.24. The average Bonchev–Trinajstić information content (AvgIpc) is 3.33. The zero-order valence-electron chi connectivity index (χ0n) is 14.0. The molecular weight excluding hydrogens is 316 g/mol. The minimum Gasteiger partial charge on any atom is -0.490 e. The van der Waals surface area contributed by atoms with Crippen LogP contribution in [0.1, 0.15) is 30.4 Å². The van der Waals surface area contributed by atoms with Crippen molar-refractivity contribution in [2.24, 2.45) is 0 Å². The highest BCUT2D eigenvalue weighted by molar-refractivity contribution is 6.14. The van der Waals surface area contributed by atoms with Crippen LogP contribution < -0.4 is 15.4 Å². The monoisotopic (exact) mass is 338 g/mol. The normalized spacial score (nSPS) is 19.9. The van der Waals surface area contributed by atoms with Gasteiger partial charge >= 0.3 is 0 Å². The number of β-amino-alcohol motifs (C(OH)–C–C–N with tert-alkyl or cyclic N) is 1. The summed E-state index contributed by atoms with van der Waals surface area (Å²) in [6.07, 6.45) is 4.62. The van der Waals surface area contributed by atoms with Gasteiger partial charge < -0.3 is 20.5 Å². The molecule has 2 fully saturated rings. The molecule has 25 heavy (non-hydrogen) atoms. The lowest BCUT2D eigenvalue weighted by molar-refractivity contribution is 0.198. The number of hydrogen-bond donors (Lipinski definition) is 3. The van der Waals surface area contributed by atoms with E-state index in [1.165, 1.54) is 0 Å². The fourth-order valence-corrected chi connectivity index (χ4v) is 3.06. The zero-order valence-corrected chi connectivity index (χ0v) is 14.0. The number of aliphatic hydroxyl groups excluding tert-OH is 1. The Morgan fingerprint density at radius 2 is 2.08 bits per heavy atom. The molecule has 130 valence electrons. The maximum absolute atomic E-state index is 9.72. The van der Waals surface area contributed by atoms with E-state index in [1.54, 1.807) is 12.3 Å². The van der Waals surface area contributed by atoms with E-state index in [0.29, 0.717) is 29.6 Å². The predicted octanol–water partition coefficient (Wildman–Crippen LogP) is 2.19. The molecule has 4 rings (SSSR count). The first-order chi connectivity index (χ1) is 12.1. The van der Waals surface area contributed by atoms with Crippen LogP contribution in [-0.2, 0) is 0 Å². The Hall–Kier alpha value is -2.60. The fraction of sp³-hybridized carbons (Fsp3) is 0.368. The second-order valence-corrected chi connectivity index (χ2v) is 6.73. The van der Waals surface area contributed by atoms with Gasteiger partial charge in [0.25, 0.3) is 0 Å². The van der Waals surface area contributed by atoms with Crippen molar-refractivity contribution < 1.29 is 9.84 Å². The average molecular weight is 338 g/mol. The molecule has 1 aliphatic carbocycles. The van der Waals surface area contributed by atoms with Crippen molar-refractivity contribution in [3.63, 3.8) is 0 Å². The van der Waals surface area contributed by atoms with Crippen LogP contribution in [0.25, 0.3) is 0 Å². The Kier molecular flexibility index (Phi) is 4.05. The Morgan fingerprint density at radius 3 is 2.80 bits per heavy atom. The largest absolute Gasteiger partial charge is 0.490 e. The molecule has 0 radical (unpaired) electrons. The summed E-state index contributed by atoms with van der Waals surface area (Å²) in [5.74, 6) is 1.54. The summed E-state index contributed by atoms with van der Waals surface area (Å²) < 4.78 is 5.82. The van der Waals surface area contributed by atoms with E-state index in [2.05, 4.69) is 4.98 Å². The van der Waals surface area contributed by atoms with Gasteiger partial charge in [-0.1, -0.05) is 0 Å². The topological polar surface area (TPSA) is 95.5 Å². The van der Waals surface area contributed by atoms with Gasteiger partial charge in [-0.05, 0) is 49.6 Å². The molecule has 0 amide bonds. The van der Waals surface area contributed by atoms with Gasteiger partial charge in [0, 0.05) is 36.1 Å². The molecular formula is C19H22N4O2. The minimum absolute atomic E-state index is 0.305. The summed E-state index contributed by atoms with van der Waals surface area (Å²) >= 11 is 0.